The van der Waals surface area contributed by atoms with Crippen molar-refractivity contribution in [2.24, 2.45) is 17.8 Å². The molecule has 1 aromatic carbocycles. The number of nitrogens with zero attached hydrogens (tertiary/aromatic N) is 4. The molecular formula is C22H24FN5. The van der Waals surface area contributed by atoms with Gasteiger partial charge in [0.15, 0.2) is 5.82 Å². The van der Waals surface area contributed by atoms with E-state index in [9.17, 15) is 4.39 Å². The number of hydrogen-bond acceptors (Lipinski definition) is 4. The van der Waals surface area contributed by atoms with Gasteiger partial charge in [-0.2, -0.15) is 9.50 Å². The lowest BCUT2D eigenvalue weighted by Gasteiger charge is -2.55. The largest absolute Gasteiger partial charge is 0.340 e. The summed E-state index contributed by atoms with van der Waals surface area (Å²) < 4.78 is 15.4. The highest BCUT2D eigenvalue weighted by molar-refractivity contribution is 5.58. The average molecular weight is 377 g/mol. The van der Waals surface area contributed by atoms with E-state index in [1.165, 1.54) is 50.7 Å². The summed E-state index contributed by atoms with van der Waals surface area (Å²) in [6, 6.07) is 8.42. The third kappa shape index (κ3) is 2.54. The summed E-state index contributed by atoms with van der Waals surface area (Å²) >= 11 is 0. The first kappa shape index (κ1) is 16.5. The molecule has 6 heteroatoms. The molecule has 0 unspecified atom stereocenters. The first-order valence-electron chi connectivity index (χ1n) is 10.3. The number of rotatable bonds is 3. The Morgan fingerprint density at radius 3 is 2.43 bits per heavy atom. The van der Waals surface area contributed by atoms with Crippen molar-refractivity contribution in [3.8, 4) is 0 Å². The highest BCUT2D eigenvalue weighted by Gasteiger charge is 2.53. The zero-order valence-electron chi connectivity index (χ0n) is 16.0. The molecule has 0 aliphatic heterocycles. The van der Waals surface area contributed by atoms with Gasteiger partial charge in [-0.05, 0) is 81.4 Å². The van der Waals surface area contributed by atoms with E-state index in [4.69, 9.17) is 10.1 Å². The zero-order valence-corrected chi connectivity index (χ0v) is 16.0. The van der Waals surface area contributed by atoms with Gasteiger partial charge in [0, 0.05) is 22.9 Å². The molecule has 0 amide bonds. The minimum absolute atomic E-state index is 0.131. The van der Waals surface area contributed by atoms with Crippen molar-refractivity contribution in [3.05, 3.63) is 47.7 Å². The predicted octanol–water partition coefficient (Wildman–Crippen LogP) is 4.78. The Labute approximate surface area is 163 Å². The third-order valence-corrected chi connectivity index (χ3v) is 7.05. The second kappa shape index (κ2) is 5.75. The predicted molar refractivity (Wildman–Crippen MR) is 105 cm³/mol. The molecule has 1 N–H and O–H groups in total. The molecule has 4 bridgehead atoms. The van der Waals surface area contributed by atoms with Crippen molar-refractivity contribution in [2.45, 2.75) is 50.9 Å². The smallest absolute Gasteiger partial charge is 0.254 e. The van der Waals surface area contributed by atoms with Gasteiger partial charge in [0.1, 0.15) is 11.6 Å². The Hall–Kier alpha value is -2.50. The molecule has 2 heterocycles. The summed E-state index contributed by atoms with van der Waals surface area (Å²) in [5, 5.41) is 8.25. The lowest BCUT2D eigenvalue weighted by atomic mass is 9.49. The van der Waals surface area contributed by atoms with Crippen LogP contribution < -0.4 is 5.32 Å². The number of benzene rings is 1. The molecule has 5 nitrogen and oxygen atoms in total. The molecule has 0 atom stereocenters. The van der Waals surface area contributed by atoms with Crippen molar-refractivity contribution in [3.63, 3.8) is 0 Å². The van der Waals surface area contributed by atoms with Crippen LogP contribution in [-0.4, -0.2) is 19.6 Å². The summed E-state index contributed by atoms with van der Waals surface area (Å²) in [7, 11) is 0. The van der Waals surface area contributed by atoms with E-state index in [1.807, 2.05) is 19.1 Å². The molecule has 28 heavy (non-hydrogen) atoms. The van der Waals surface area contributed by atoms with E-state index in [-0.39, 0.29) is 11.2 Å². The Kier molecular flexibility index (Phi) is 3.38. The summed E-state index contributed by atoms with van der Waals surface area (Å²) in [5.74, 6) is 4.64. The number of anilines is 2. The van der Waals surface area contributed by atoms with Crippen LogP contribution in [0.5, 0.6) is 0 Å². The Morgan fingerprint density at radius 2 is 1.75 bits per heavy atom. The molecular weight excluding hydrogens is 353 g/mol. The van der Waals surface area contributed by atoms with Gasteiger partial charge >= 0.3 is 0 Å². The monoisotopic (exact) mass is 377 g/mol. The molecule has 3 aromatic rings. The number of fused-ring (bicyclic) bond motifs is 1. The van der Waals surface area contributed by atoms with Crippen LogP contribution in [0.2, 0.25) is 0 Å². The molecule has 4 aliphatic carbocycles. The standard InChI is InChI=1S/C22H24FN5/c1-13-5-19(25-18-4-2-3-17(23)9-18)28-21(24-13)26-20(27-28)22-10-14-6-15(11-22)8-16(7-14)12-22/h2-5,9,14-16,25H,6-8,10-12H2,1H3. The normalized spacial score (nSPS) is 30.9. The van der Waals surface area contributed by atoms with E-state index in [1.54, 1.807) is 10.6 Å². The van der Waals surface area contributed by atoms with Crippen molar-refractivity contribution < 1.29 is 4.39 Å². The maximum atomic E-state index is 13.6. The van der Waals surface area contributed by atoms with Crippen molar-refractivity contribution >= 4 is 17.3 Å². The fourth-order valence-corrected chi connectivity index (χ4v) is 6.40. The first-order valence-corrected chi connectivity index (χ1v) is 10.3. The van der Waals surface area contributed by atoms with Crippen molar-refractivity contribution in [2.75, 3.05) is 5.32 Å². The van der Waals surface area contributed by atoms with Crippen LogP contribution in [0.25, 0.3) is 5.78 Å². The fraction of sp³-hybridized carbons (Fsp3) is 0.500. The van der Waals surface area contributed by atoms with Crippen LogP contribution in [-0.2, 0) is 5.41 Å². The maximum absolute atomic E-state index is 13.6. The molecule has 0 radical (unpaired) electrons. The summed E-state index contributed by atoms with van der Waals surface area (Å²) in [6.45, 7) is 1.95. The quantitative estimate of drug-likeness (QED) is 0.713. The van der Waals surface area contributed by atoms with Crippen LogP contribution in [0.15, 0.2) is 30.3 Å². The van der Waals surface area contributed by atoms with Gasteiger partial charge in [-0.25, -0.2) is 9.37 Å². The zero-order chi connectivity index (χ0) is 18.9. The molecule has 2 aromatic heterocycles. The molecule has 4 aliphatic rings. The fourth-order valence-electron chi connectivity index (χ4n) is 6.40. The van der Waals surface area contributed by atoms with E-state index in [2.05, 4.69) is 10.3 Å². The van der Waals surface area contributed by atoms with E-state index in [0.29, 0.717) is 11.5 Å². The highest BCUT2D eigenvalue weighted by atomic mass is 19.1. The Bertz CT molecular complexity index is 1040. The average Bonchev–Trinajstić information content (AvgIpc) is 3.06. The van der Waals surface area contributed by atoms with Gasteiger partial charge in [0.2, 0.25) is 0 Å². The van der Waals surface area contributed by atoms with Crippen LogP contribution in [0.3, 0.4) is 0 Å². The van der Waals surface area contributed by atoms with E-state index >= 15 is 0 Å². The molecule has 7 rings (SSSR count). The molecule has 144 valence electrons. The Balaban J connectivity index is 1.43. The topological polar surface area (TPSA) is 55.1 Å². The van der Waals surface area contributed by atoms with Gasteiger partial charge < -0.3 is 5.32 Å². The van der Waals surface area contributed by atoms with Crippen LogP contribution in [0.4, 0.5) is 15.9 Å². The number of halogens is 1. The van der Waals surface area contributed by atoms with Gasteiger partial charge in [-0.3, -0.25) is 0 Å². The Morgan fingerprint density at radius 1 is 1.04 bits per heavy atom. The first-order chi connectivity index (χ1) is 13.6. The summed E-state index contributed by atoms with van der Waals surface area (Å²) in [6.07, 6.45) is 7.87. The number of aryl methyl sites for hydroxylation is 1. The lowest BCUT2D eigenvalue weighted by Crippen LogP contribution is -2.49. The van der Waals surface area contributed by atoms with Gasteiger partial charge in [0.25, 0.3) is 5.78 Å². The van der Waals surface area contributed by atoms with Crippen LogP contribution in [0, 0.1) is 30.5 Å². The van der Waals surface area contributed by atoms with E-state index < -0.39 is 0 Å². The van der Waals surface area contributed by atoms with Gasteiger partial charge in [-0.15, -0.1) is 5.10 Å². The maximum Gasteiger partial charge on any atom is 0.254 e. The molecule has 4 saturated carbocycles. The molecule has 0 spiro atoms. The SMILES string of the molecule is Cc1cc(Nc2cccc(F)c2)n2nc(C34CC5CC(CC(C5)C3)C4)nc2n1. The van der Waals surface area contributed by atoms with E-state index in [0.717, 1.165) is 35.1 Å². The minimum atomic E-state index is -0.264. The molecule has 0 saturated heterocycles. The number of hydrogen-bond donors (Lipinski definition) is 1. The third-order valence-electron chi connectivity index (χ3n) is 7.05. The van der Waals surface area contributed by atoms with Crippen LogP contribution >= 0.6 is 0 Å². The minimum Gasteiger partial charge on any atom is -0.340 e. The number of nitrogens with one attached hydrogen (secondary N) is 1. The number of aromatic nitrogens is 4. The molecule has 4 fully saturated rings. The summed E-state index contributed by atoms with van der Waals surface area (Å²) in [4.78, 5) is 9.53. The van der Waals surface area contributed by atoms with Gasteiger partial charge in [-0.1, -0.05) is 6.07 Å². The van der Waals surface area contributed by atoms with Crippen molar-refractivity contribution in [1.29, 1.82) is 0 Å². The van der Waals surface area contributed by atoms with Crippen molar-refractivity contribution in [1.82, 2.24) is 19.6 Å². The second-order valence-electron chi connectivity index (χ2n) is 9.26. The van der Waals surface area contributed by atoms with Gasteiger partial charge in [0.05, 0.1) is 0 Å². The second-order valence-corrected chi connectivity index (χ2v) is 9.26. The lowest BCUT2D eigenvalue weighted by molar-refractivity contribution is -0.00925. The van der Waals surface area contributed by atoms with Crippen LogP contribution in [0.1, 0.15) is 50.0 Å². The summed E-state index contributed by atoms with van der Waals surface area (Å²) in [5.41, 5.74) is 1.70. The highest BCUT2D eigenvalue weighted by Crippen LogP contribution is 2.60.